The van der Waals surface area contributed by atoms with Crippen molar-refractivity contribution >= 4 is 24.1 Å². The zero-order valence-electron chi connectivity index (χ0n) is 9.86. The molecule has 2 rings (SSSR count). The number of carbonyl (C=O) groups excluding carboxylic acids is 1. The summed E-state index contributed by atoms with van der Waals surface area (Å²) in [5.74, 6) is 0.638. The van der Waals surface area contributed by atoms with Crippen LogP contribution in [0.4, 0.5) is 5.69 Å². The fourth-order valence-corrected chi connectivity index (χ4v) is 1.92. The van der Waals surface area contributed by atoms with E-state index in [2.05, 4.69) is 5.32 Å². The summed E-state index contributed by atoms with van der Waals surface area (Å²) in [5, 5.41) is 3.17. The molecule has 1 aromatic rings. The highest BCUT2D eigenvalue weighted by molar-refractivity contribution is 5.85. The number of nitrogens with one attached hydrogen (secondary N) is 1. The molecule has 17 heavy (non-hydrogen) atoms. The molecular weight excluding hydrogens is 242 g/mol. The van der Waals surface area contributed by atoms with Crippen LogP contribution in [0.3, 0.4) is 0 Å². The van der Waals surface area contributed by atoms with Gasteiger partial charge in [-0.2, -0.15) is 0 Å². The van der Waals surface area contributed by atoms with E-state index in [4.69, 9.17) is 9.47 Å². The number of ether oxygens (including phenoxy) is 2. The third kappa shape index (κ3) is 2.82. The minimum Gasteiger partial charge on any atom is -0.497 e. The molecule has 0 aliphatic carbocycles. The Morgan fingerprint density at radius 3 is 2.82 bits per heavy atom. The Labute approximate surface area is 107 Å². The van der Waals surface area contributed by atoms with Crippen molar-refractivity contribution in [3.63, 3.8) is 0 Å². The second-order valence-corrected chi connectivity index (χ2v) is 3.78. The number of hydrogen-bond acceptors (Lipinski definition) is 4. The normalized spacial score (nSPS) is 17.2. The fourth-order valence-electron chi connectivity index (χ4n) is 1.92. The van der Waals surface area contributed by atoms with Gasteiger partial charge in [0.05, 0.1) is 14.2 Å². The lowest BCUT2D eigenvalue weighted by atomic mass is 9.98. The van der Waals surface area contributed by atoms with Crippen LogP contribution in [-0.4, -0.2) is 26.2 Å². The lowest BCUT2D eigenvalue weighted by Gasteiger charge is -2.25. The van der Waals surface area contributed by atoms with Gasteiger partial charge >= 0.3 is 5.97 Å². The smallest absolute Gasteiger partial charge is 0.328 e. The quantitative estimate of drug-likeness (QED) is 0.824. The Morgan fingerprint density at radius 2 is 2.18 bits per heavy atom. The Morgan fingerprint density at radius 1 is 1.41 bits per heavy atom. The third-order valence-electron chi connectivity index (χ3n) is 2.83. The molecular formula is C12H16ClNO3. The summed E-state index contributed by atoms with van der Waals surface area (Å²) in [6, 6.07) is 5.58. The van der Waals surface area contributed by atoms with Crippen molar-refractivity contribution in [2.75, 3.05) is 19.5 Å². The molecule has 0 radical (unpaired) electrons. The van der Waals surface area contributed by atoms with Crippen LogP contribution in [0.5, 0.6) is 5.75 Å². The number of hydrogen-bond donors (Lipinski definition) is 1. The molecule has 1 atom stereocenters. The predicted molar refractivity (Wildman–Crippen MR) is 68.0 cm³/mol. The summed E-state index contributed by atoms with van der Waals surface area (Å²) >= 11 is 0. The van der Waals surface area contributed by atoms with Crippen LogP contribution in [0.1, 0.15) is 12.0 Å². The van der Waals surface area contributed by atoms with Gasteiger partial charge in [-0.15, -0.1) is 12.4 Å². The summed E-state index contributed by atoms with van der Waals surface area (Å²) in [4.78, 5) is 11.4. The van der Waals surface area contributed by atoms with Crippen molar-refractivity contribution in [1.82, 2.24) is 0 Å². The van der Waals surface area contributed by atoms with Crippen molar-refractivity contribution in [2.24, 2.45) is 0 Å². The van der Waals surface area contributed by atoms with Crippen LogP contribution >= 0.6 is 12.4 Å². The molecule has 1 aliphatic heterocycles. The minimum absolute atomic E-state index is 0. The number of benzene rings is 1. The summed E-state index contributed by atoms with van der Waals surface area (Å²) in [6.07, 6.45) is 1.62. The summed E-state index contributed by atoms with van der Waals surface area (Å²) in [5.41, 5.74) is 2.17. The number of fused-ring (bicyclic) bond motifs is 1. The van der Waals surface area contributed by atoms with Crippen molar-refractivity contribution in [1.29, 1.82) is 0 Å². The number of esters is 1. The van der Waals surface area contributed by atoms with Crippen molar-refractivity contribution in [2.45, 2.75) is 18.9 Å². The number of aryl methyl sites for hydroxylation is 1. The molecule has 5 heteroatoms. The third-order valence-corrected chi connectivity index (χ3v) is 2.83. The van der Waals surface area contributed by atoms with Crippen LogP contribution in [0, 0.1) is 0 Å². The van der Waals surface area contributed by atoms with Crippen molar-refractivity contribution in [3.05, 3.63) is 23.8 Å². The maximum absolute atomic E-state index is 11.4. The highest BCUT2D eigenvalue weighted by Gasteiger charge is 2.24. The average molecular weight is 258 g/mol. The first kappa shape index (κ1) is 13.6. The lowest BCUT2D eigenvalue weighted by Crippen LogP contribution is -2.34. The molecule has 1 aromatic carbocycles. The zero-order chi connectivity index (χ0) is 11.5. The van der Waals surface area contributed by atoms with E-state index in [-0.39, 0.29) is 24.4 Å². The van der Waals surface area contributed by atoms with Crippen LogP contribution in [0.2, 0.25) is 0 Å². The monoisotopic (exact) mass is 257 g/mol. The SMILES string of the molecule is COC(=O)C1CCc2cc(OC)ccc2N1.Cl. The van der Waals surface area contributed by atoms with Gasteiger partial charge in [-0.05, 0) is 36.6 Å². The number of methoxy groups -OCH3 is 2. The van der Waals surface area contributed by atoms with Gasteiger partial charge in [0.1, 0.15) is 11.8 Å². The van der Waals surface area contributed by atoms with Gasteiger partial charge in [0.2, 0.25) is 0 Å². The molecule has 0 saturated heterocycles. The Balaban J connectivity index is 0.00000144. The maximum atomic E-state index is 11.4. The molecule has 0 aromatic heterocycles. The Hall–Kier alpha value is -1.42. The molecule has 4 nitrogen and oxygen atoms in total. The topological polar surface area (TPSA) is 47.6 Å². The molecule has 1 heterocycles. The fraction of sp³-hybridized carbons (Fsp3) is 0.417. The standard InChI is InChI=1S/C12H15NO3.ClH/c1-15-9-4-6-10-8(7-9)3-5-11(13-10)12(14)16-2;/h4,6-7,11,13H,3,5H2,1-2H3;1H. The molecule has 0 spiro atoms. The van der Waals surface area contributed by atoms with E-state index >= 15 is 0 Å². The van der Waals surface area contributed by atoms with Crippen molar-refractivity contribution < 1.29 is 14.3 Å². The molecule has 0 bridgehead atoms. The van der Waals surface area contributed by atoms with Gasteiger partial charge < -0.3 is 14.8 Å². The number of carbonyl (C=O) groups is 1. The highest BCUT2D eigenvalue weighted by Crippen LogP contribution is 2.28. The van der Waals surface area contributed by atoms with E-state index in [0.29, 0.717) is 0 Å². The first-order valence-corrected chi connectivity index (χ1v) is 5.26. The van der Waals surface area contributed by atoms with Crippen LogP contribution < -0.4 is 10.1 Å². The molecule has 1 N–H and O–H groups in total. The minimum atomic E-state index is -0.231. The highest BCUT2D eigenvalue weighted by atomic mass is 35.5. The first-order chi connectivity index (χ1) is 7.74. The molecule has 0 amide bonds. The number of anilines is 1. The van der Waals surface area contributed by atoms with Gasteiger partial charge in [0.15, 0.2) is 0 Å². The van der Waals surface area contributed by atoms with E-state index in [1.807, 2.05) is 18.2 Å². The lowest BCUT2D eigenvalue weighted by molar-refractivity contribution is -0.141. The second-order valence-electron chi connectivity index (χ2n) is 3.78. The summed E-state index contributed by atoms with van der Waals surface area (Å²) in [7, 11) is 3.06. The molecule has 1 unspecified atom stereocenters. The molecule has 94 valence electrons. The second kappa shape index (κ2) is 5.77. The zero-order valence-corrected chi connectivity index (χ0v) is 10.7. The predicted octanol–water partition coefficient (Wildman–Crippen LogP) is 2.02. The number of halogens is 1. The van der Waals surface area contributed by atoms with E-state index in [1.54, 1.807) is 7.11 Å². The van der Waals surface area contributed by atoms with E-state index in [0.717, 1.165) is 24.3 Å². The van der Waals surface area contributed by atoms with Crippen LogP contribution in [0.15, 0.2) is 18.2 Å². The molecule has 0 saturated carbocycles. The molecule has 0 fully saturated rings. The van der Waals surface area contributed by atoms with Gasteiger partial charge in [-0.25, -0.2) is 4.79 Å². The summed E-state index contributed by atoms with van der Waals surface area (Å²) < 4.78 is 9.88. The van der Waals surface area contributed by atoms with Crippen molar-refractivity contribution in [3.8, 4) is 5.75 Å². The Kier molecular flexibility index (Phi) is 4.63. The largest absolute Gasteiger partial charge is 0.497 e. The number of rotatable bonds is 2. The van der Waals surface area contributed by atoms with Gasteiger partial charge in [0.25, 0.3) is 0 Å². The maximum Gasteiger partial charge on any atom is 0.328 e. The molecule has 1 aliphatic rings. The van der Waals surface area contributed by atoms with Crippen LogP contribution in [0.25, 0.3) is 0 Å². The first-order valence-electron chi connectivity index (χ1n) is 5.26. The van der Waals surface area contributed by atoms with Crippen LogP contribution in [-0.2, 0) is 16.0 Å². The van der Waals surface area contributed by atoms with E-state index in [9.17, 15) is 4.79 Å². The van der Waals surface area contributed by atoms with Gasteiger partial charge in [-0.3, -0.25) is 0 Å². The summed E-state index contributed by atoms with van der Waals surface area (Å²) in [6.45, 7) is 0. The Bertz CT molecular complexity index is 409. The van der Waals surface area contributed by atoms with Gasteiger partial charge in [0, 0.05) is 5.69 Å². The van der Waals surface area contributed by atoms with E-state index in [1.165, 1.54) is 12.7 Å². The average Bonchev–Trinajstić information content (AvgIpc) is 2.36. The van der Waals surface area contributed by atoms with E-state index < -0.39 is 0 Å². The van der Waals surface area contributed by atoms with Gasteiger partial charge in [-0.1, -0.05) is 0 Å².